The first kappa shape index (κ1) is 12.9. The molecule has 0 bridgehead atoms. The van der Waals surface area contributed by atoms with E-state index in [-0.39, 0.29) is 0 Å². The zero-order valence-corrected chi connectivity index (χ0v) is 12.5. The van der Waals surface area contributed by atoms with Crippen LogP contribution in [0.4, 0.5) is 0 Å². The average Bonchev–Trinajstić information content (AvgIpc) is 3.07. The third kappa shape index (κ3) is 2.20. The third-order valence-electron chi connectivity index (χ3n) is 2.87. The summed E-state index contributed by atoms with van der Waals surface area (Å²) in [4.78, 5) is 4.39. The summed E-state index contributed by atoms with van der Waals surface area (Å²) < 4.78 is 13.2. The summed E-state index contributed by atoms with van der Waals surface area (Å²) in [7, 11) is 3.42. The van der Waals surface area contributed by atoms with Crippen LogP contribution in [0, 0.1) is 0 Å². The van der Waals surface area contributed by atoms with E-state index < -0.39 is 0 Å². The highest BCUT2D eigenvalue weighted by Gasteiger charge is 2.16. The van der Waals surface area contributed by atoms with Crippen LogP contribution in [-0.4, -0.2) is 27.0 Å². The Kier molecular flexibility index (Phi) is 3.27. The molecule has 0 aliphatic carbocycles. The average molecular weight is 335 g/mol. The fourth-order valence-corrected chi connectivity index (χ4v) is 2.24. The Balaban J connectivity index is 2.07. The van der Waals surface area contributed by atoms with Gasteiger partial charge in [0.15, 0.2) is 0 Å². The number of hydrogen-bond donors (Lipinski definition) is 0. The SMILES string of the molecule is COc1ccc(Br)cc1-c1noc(-c2ccnn2C)n1. The summed E-state index contributed by atoms with van der Waals surface area (Å²) in [5, 5.41) is 8.08. The number of nitrogens with zero attached hydrogens (tertiary/aromatic N) is 4. The second kappa shape index (κ2) is 5.09. The van der Waals surface area contributed by atoms with E-state index >= 15 is 0 Å². The zero-order valence-electron chi connectivity index (χ0n) is 10.9. The van der Waals surface area contributed by atoms with Gasteiger partial charge >= 0.3 is 0 Å². The van der Waals surface area contributed by atoms with Crippen molar-refractivity contribution >= 4 is 15.9 Å². The molecule has 0 unspecified atom stereocenters. The maximum atomic E-state index is 5.32. The van der Waals surface area contributed by atoms with Gasteiger partial charge in [-0.05, 0) is 24.3 Å². The molecule has 0 fully saturated rings. The van der Waals surface area contributed by atoms with E-state index in [2.05, 4.69) is 31.2 Å². The monoisotopic (exact) mass is 334 g/mol. The van der Waals surface area contributed by atoms with Crippen molar-refractivity contribution in [3.8, 4) is 28.7 Å². The van der Waals surface area contributed by atoms with Crippen molar-refractivity contribution in [3.63, 3.8) is 0 Å². The number of hydrogen-bond acceptors (Lipinski definition) is 5. The molecular weight excluding hydrogens is 324 g/mol. The highest BCUT2D eigenvalue weighted by atomic mass is 79.9. The Hall–Kier alpha value is -2.15. The van der Waals surface area contributed by atoms with Crippen molar-refractivity contribution in [1.29, 1.82) is 0 Å². The second-order valence-electron chi connectivity index (χ2n) is 4.11. The molecule has 2 heterocycles. The van der Waals surface area contributed by atoms with Crippen molar-refractivity contribution in [2.75, 3.05) is 7.11 Å². The molecule has 0 atom stereocenters. The van der Waals surface area contributed by atoms with Gasteiger partial charge in [-0.25, -0.2) is 0 Å². The molecule has 0 spiro atoms. The van der Waals surface area contributed by atoms with Gasteiger partial charge in [-0.2, -0.15) is 10.1 Å². The van der Waals surface area contributed by atoms with E-state index in [0.29, 0.717) is 17.5 Å². The van der Waals surface area contributed by atoms with Crippen LogP contribution in [0.5, 0.6) is 5.75 Å². The predicted octanol–water partition coefficient (Wildman–Crippen LogP) is 2.91. The first-order valence-corrected chi connectivity index (χ1v) is 6.64. The molecule has 1 aromatic carbocycles. The quantitative estimate of drug-likeness (QED) is 0.736. The summed E-state index contributed by atoms with van der Waals surface area (Å²) >= 11 is 3.42. The highest BCUT2D eigenvalue weighted by Crippen LogP contribution is 2.31. The van der Waals surface area contributed by atoms with Gasteiger partial charge in [0.05, 0.1) is 12.7 Å². The van der Waals surface area contributed by atoms with E-state index in [9.17, 15) is 0 Å². The van der Waals surface area contributed by atoms with Crippen molar-refractivity contribution in [3.05, 3.63) is 34.9 Å². The fraction of sp³-hybridized carbons (Fsp3) is 0.154. The Morgan fingerprint density at radius 3 is 2.85 bits per heavy atom. The molecule has 0 saturated heterocycles. The number of methoxy groups -OCH3 is 1. The van der Waals surface area contributed by atoms with Crippen LogP contribution in [0.15, 0.2) is 39.5 Å². The standard InChI is InChI=1S/C13H11BrN4O2/c1-18-10(5-6-15-18)13-16-12(17-20-13)9-7-8(14)3-4-11(9)19-2/h3-7H,1-2H3. The lowest BCUT2D eigenvalue weighted by atomic mass is 10.2. The van der Waals surface area contributed by atoms with E-state index in [1.807, 2.05) is 31.3 Å². The zero-order chi connectivity index (χ0) is 14.1. The number of aromatic nitrogens is 4. The first-order valence-electron chi connectivity index (χ1n) is 5.85. The minimum atomic E-state index is 0.419. The molecule has 0 amide bonds. The van der Waals surface area contributed by atoms with Gasteiger partial charge in [-0.3, -0.25) is 4.68 Å². The van der Waals surface area contributed by atoms with E-state index in [0.717, 1.165) is 15.7 Å². The van der Waals surface area contributed by atoms with Gasteiger partial charge in [-0.15, -0.1) is 0 Å². The molecule has 6 nitrogen and oxygen atoms in total. The van der Waals surface area contributed by atoms with Crippen LogP contribution in [0.3, 0.4) is 0 Å². The smallest absolute Gasteiger partial charge is 0.276 e. The van der Waals surface area contributed by atoms with Gasteiger partial charge in [0, 0.05) is 17.7 Å². The fourth-order valence-electron chi connectivity index (χ4n) is 1.88. The number of ether oxygens (including phenoxy) is 1. The normalized spacial score (nSPS) is 10.8. The summed E-state index contributed by atoms with van der Waals surface area (Å²) in [6.45, 7) is 0. The Labute approximate surface area is 123 Å². The summed E-state index contributed by atoms with van der Waals surface area (Å²) in [5.74, 6) is 1.58. The molecular formula is C13H11BrN4O2. The number of halogens is 1. The minimum absolute atomic E-state index is 0.419. The molecule has 102 valence electrons. The van der Waals surface area contributed by atoms with E-state index in [1.54, 1.807) is 18.0 Å². The van der Waals surface area contributed by atoms with Crippen molar-refractivity contribution in [1.82, 2.24) is 19.9 Å². The largest absolute Gasteiger partial charge is 0.496 e. The third-order valence-corrected chi connectivity index (χ3v) is 3.36. The highest BCUT2D eigenvalue weighted by molar-refractivity contribution is 9.10. The second-order valence-corrected chi connectivity index (χ2v) is 5.02. The summed E-state index contributed by atoms with van der Waals surface area (Å²) in [6.07, 6.45) is 1.68. The van der Waals surface area contributed by atoms with Gasteiger partial charge in [-0.1, -0.05) is 21.1 Å². The molecule has 0 aliphatic heterocycles. The van der Waals surface area contributed by atoms with Gasteiger partial charge in [0.2, 0.25) is 5.82 Å². The maximum Gasteiger partial charge on any atom is 0.276 e. The van der Waals surface area contributed by atoms with Crippen LogP contribution in [-0.2, 0) is 7.05 Å². The molecule has 0 N–H and O–H groups in total. The molecule has 0 saturated carbocycles. The Bertz CT molecular complexity index is 750. The number of aryl methyl sites for hydroxylation is 1. The molecule has 0 radical (unpaired) electrons. The molecule has 3 aromatic rings. The molecule has 2 aromatic heterocycles. The number of rotatable bonds is 3. The lowest BCUT2D eigenvalue weighted by Gasteiger charge is -2.04. The van der Waals surface area contributed by atoms with Gasteiger partial charge in [0.25, 0.3) is 5.89 Å². The molecule has 20 heavy (non-hydrogen) atoms. The van der Waals surface area contributed by atoms with Crippen LogP contribution in [0.2, 0.25) is 0 Å². The molecule has 7 heteroatoms. The van der Waals surface area contributed by atoms with Crippen LogP contribution < -0.4 is 4.74 Å². The first-order chi connectivity index (χ1) is 9.69. The van der Waals surface area contributed by atoms with E-state index in [4.69, 9.17) is 9.26 Å². The van der Waals surface area contributed by atoms with Crippen molar-refractivity contribution in [2.45, 2.75) is 0 Å². The van der Waals surface area contributed by atoms with Crippen molar-refractivity contribution < 1.29 is 9.26 Å². The minimum Gasteiger partial charge on any atom is -0.496 e. The Morgan fingerprint density at radius 1 is 1.30 bits per heavy atom. The lowest BCUT2D eigenvalue weighted by molar-refractivity contribution is 0.413. The van der Waals surface area contributed by atoms with E-state index in [1.165, 1.54) is 0 Å². The summed E-state index contributed by atoms with van der Waals surface area (Å²) in [6, 6.07) is 7.44. The van der Waals surface area contributed by atoms with Crippen LogP contribution in [0.25, 0.3) is 23.0 Å². The van der Waals surface area contributed by atoms with Gasteiger partial charge < -0.3 is 9.26 Å². The number of benzene rings is 1. The van der Waals surface area contributed by atoms with Crippen LogP contribution >= 0.6 is 15.9 Å². The lowest BCUT2D eigenvalue weighted by Crippen LogP contribution is -1.93. The van der Waals surface area contributed by atoms with Gasteiger partial charge in [0.1, 0.15) is 11.4 Å². The van der Waals surface area contributed by atoms with Crippen molar-refractivity contribution in [2.24, 2.45) is 7.05 Å². The maximum absolute atomic E-state index is 5.32. The predicted molar refractivity (Wildman–Crippen MR) is 76.2 cm³/mol. The topological polar surface area (TPSA) is 66.0 Å². The van der Waals surface area contributed by atoms with Crippen LogP contribution in [0.1, 0.15) is 0 Å². The summed E-state index contributed by atoms with van der Waals surface area (Å²) in [5.41, 5.74) is 1.52. The Morgan fingerprint density at radius 2 is 2.15 bits per heavy atom. The molecule has 3 rings (SSSR count). The molecule has 0 aliphatic rings.